The van der Waals surface area contributed by atoms with Crippen LogP contribution in [0, 0.1) is 5.92 Å². The molecule has 2 unspecified atom stereocenters. The summed E-state index contributed by atoms with van der Waals surface area (Å²) in [5, 5.41) is 9.23. The Hall–Kier alpha value is -1.27. The van der Waals surface area contributed by atoms with Crippen molar-refractivity contribution in [3.05, 3.63) is 29.3 Å². The number of hydrogen-bond donors (Lipinski definition) is 2. The molecule has 1 aromatic rings. The van der Waals surface area contributed by atoms with Gasteiger partial charge in [0.2, 0.25) is 0 Å². The van der Waals surface area contributed by atoms with Crippen LogP contribution in [-0.4, -0.2) is 24.9 Å². The molecule has 2 atom stereocenters. The van der Waals surface area contributed by atoms with Gasteiger partial charge in [-0.25, -0.2) is 0 Å². The fourth-order valence-corrected chi connectivity index (χ4v) is 2.33. The SMILES string of the molecule is CCCOc1ccc(C(F)(F)F)cc1C(C)CC(CN)CO. The maximum atomic E-state index is 12.9. The number of hydrogen-bond acceptors (Lipinski definition) is 3. The zero-order chi connectivity index (χ0) is 16.8. The summed E-state index contributed by atoms with van der Waals surface area (Å²) in [6.45, 7) is 4.43. The van der Waals surface area contributed by atoms with Gasteiger partial charge < -0.3 is 15.6 Å². The van der Waals surface area contributed by atoms with Crippen molar-refractivity contribution in [2.24, 2.45) is 11.7 Å². The van der Waals surface area contributed by atoms with Gasteiger partial charge in [0.15, 0.2) is 0 Å². The van der Waals surface area contributed by atoms with Crippen molar-refractivity contribution in [3.8, 4) is 5.75 Å². The van der Waals surface area contributed by atoms with Crippen LogP contribution in [0.3, 0.4) is 0 Å². The molecule has 22 heavy (non-hydrogen) atoms. The topological polar surface area (TPSA) is 55.5 Å². The standard InChI is InChI=1S/C16H24F3NO2/c1-3-6-22-15-5-4-13(16(17,18)19)8-14(15)11(2)7-12(9-20)10-21/h4-5,8,11-12,21H,3,6-7,9-10,20H2,1-2H3. The lowest BCUT2D eigenvalue weighted by Gasteiger charge is -2.22. The summed E-state index contributed by atoms with van der Waals surface area (Å²) >= 11 is 0. The van der Waals surface area contributed by atoms with Crippen molar-refractivity contribution in [2.75, 3.05) is 19.8 Å². The Kier molecular flexibility index (Phi) is 7.16. The van der Waals surface area contributed by atoms with Crippen molar-refractivity contribution in [3.63, 3.8) is 0 Å². The first-order valence-electron chi connectivity index (χ1n) is 7.48. The number of halogens is 3. The quantitative estimate of drug-likeness (QED) is 0.770. The first-order valence-corrected chi connectivity index (χ1v) is 7.48. The molecule has 0 aliphatic carbocycles. The van der Waals surface area contributed by atoms with E-state index in [1.54, 1.807) is 0 Å². The van der Waals surface area contributed by atoms with Gasteiger partial charge in [0.25, 0.3) is 0 Å². The van der Waals surface area contributed by atoms with Crippen LogP contribution >= 0.6 is 0 Å². The largest absolute Gasteiger partial charge is 0.493 e. The summed E-state index contributed by atoms with van der Waals surface area (Å²) in [7, 11) is 0. The average Bonchev–Trinajstić information content (AvgIpc) is 2.49. The van der Waals surface area contributed by atoms with Crippen LogP contribution in [0.1, 0.15) is 43.7 Å². The van der Waals surface area contributed by atoms with E-state index in [1.165, 1.54) is 6.07 Å². The lowest BCUT2D eigenvalue weighted by Crippen LogP contribution is -2.20. The van der Waals surface area contributed by atoms with Crippen LogP contribution in [-0.2, 0) is 6.18 Å². The molecule has 126 valence electrons. The maximum Gasteiger partial charge on any atom is 0.416 e. The lowest BCUT2D eigenvalue weighted by atomic mass is 9.89. The van der Waals surface area contributed by atoms with Crippen LogP contribution in [0.5, 0.6) is 5.75 Å². The Morgan fingerprint density at radius 2 is 2.00 bits per heavy atom. The summed E-state index contributed by atoms with van der Waals surface area (Å²) < 4.78 is 44.3. The molecule has 1 aromatic carbocycles. The highest BCUT2D eigenvalue weighted by molar-refractivity contribution is 5.40. The third-order valence-corrected chi connectivity index (χ3v) is 3.61. The molecule has 0 aliphatic heterocycles. The van der Waals surface area contributed by atoms with E-state index in [1.807, 2.05) is 13.8 Å². The third kappa shape index (κ3) is 5.18. The number of nitrogens with two attached hydrogens (primary N) is 1. The van der Waals surface area contributed by atoms with Gasteiger partial charge >= 0.3 is 6.18 Å². The number of alkyl halides is 3. The Morgan fingerprint density at radius 3 is 2.50 bits per heavy atom. The van der Waals surface area contributed by atoms with Crippen molar-refractivity contribution in [2.45, 2.75) is 38.8 Å². The maximum absolute atomic E-state index is 12.9. The van der Waals surface area contributed by atoms with Gasteiger partial charge in [0.05, 0.1) is 12.2 Å². The minimum absolute atomic E-state index is 0.0784. The predicted molar refractivity (Wildman–Crippen MR) is 79.9 cm³/mol. The van der Waals surface area contributed by atoms with Gasteiger partial charge in [-0.2, -0.15) is 13.2 Å². The van der Waals surface area contributed by atoms with E-state index in [9.17, 15) is 18.3 Å². The first kappa shape index (κ1) is 18.8. The monoisotopic (exact) mass is 319 g/mol. The van der Waals surface area contributed by atoms with Crippen molar-refractivity contribution >= 4 is 0 Å². The predicted octanol–water partition coefficient (Wildman–Crippen LogP) is 3.56. The lowest BCUT2D eigenvalue weighted by molar-refractivity contribution is -0.137. The van der Waals surface area contributed by atoms with E-state index in [0.717, 1.165) is 18.6 Å². The summed E-state index contributed by atoms with van der Waals surface area (Å²) in [5.74, 6) is 0.148. The molecule has 0 bridgehead atoms. The second kappa shape index (κ2) is 8.39. The van der Waals surface area contributed by atoms with E-state index in [4.69, 9.17) is 10.5 Å². The third-order valence-electron chi connectivity index (χ3n) is 3.61. The summed E-state index contributed by atoms with van der Waals surface area (Å²) in [4.78, 5) is 0. The fraction of sp³-hybridized carbons (Fsp3) is 0.625. The highest BCUT2D eigenvalue weighted by atomic mass is 19.4. The summed E-state index contributed by atoms with van der Waals surface area (Å²) in [5.41, 5.74) is 5.38. The van der Waals surface area contributed by atoms with Gasteiger partial charge in [-0.15, -0.1) is 0 Å². The molecule has 0 heterocycles. The number of rotatable bonds is 8. The Balaban J connectivity index is 3.09. The minimum atomic E-state index is -4.39. The molecule has 1 rings (SSSR count). The Labute approximate surface area is 129 Å². The first-order chi connectivity index (χ1) is 10.3. The van der Waals surface area contributed by atoms with Crippen LogP contribution in [0.4, 0.5) is 13.2 Å². The fourth-order valence-electron chi connectivity index (χ4n) is 2.33. The van der Waals surface area contributed by atoms with Crippen molar-refractivity contribution in [1.29, 1.82) is 0 Å². The minimum Gasteiger partial charge on any atom is -0.493 e. The molecule has 3 N–H and O–H groups in total. The van der Waals surface area contributed by atoms with Gasteiger partial charge in [0.1, 0.15) is 5.75 Å². The molecule has 0 spiro atoms. The number of aliphatic hydroxyl groups excluding tert-OH is 1. The molecule has 3 nitrogen and oxygen atoms in total. The van der Waals surface area contributed by atoms with E-state index >= 15 is 0 Å². The molecule has 6 heteroatoms. The highest BCUT2D eigenvalue weighted by Crippen LogP contribution is 2.37. The molecular formula is C16H24F3NO2. The van der Waals surface area contributed by atoms with Gasteiger partial charge in [-0.05, 0) is 55.0 Å². The average molecular weight is 319 g/mol. The van der Waals surface area contributed by atoms with Crippen molar-refractivity contribution in [1.82, 2.24) is 0 Å². The molecule has 0 radical (unpaired) electrons. The molecule has 0 saturated heterocycles. The smallest absolute Gasteiger partial charge is 0.416 e. The zero-order valence-corrected chi connectivity index (χ0v) is 13.0. The van der Waals surface area contributed by atoms with E-state index < -0.39 is 11.7 Å². The molecule has 0 amide bonds. The molecular weight excluding hydrogens is 295 g/mol. The van der Waals surface area contributed by atoms with Crippen molar-refractivity contribution < 1.29 is 23.0 Å². The van der Waals surface area contributed by atoms with E-state index in [2.05, 4.69) is 0 Å². The second-order valence-corrected chi connectivity index (χ2v) is 5.52. The normalized spacial score (nSPS) is 14.7. The van der Waals surface area contributed by atoms with Gasteiger partial charge in [-0.1, -0.05) is 13.8 Å². The van der Waals surface area contributed by atoms with Crippen LogP contribution in [0.2, 0.25) is 0 Å². The van der Waals surface area contributed by atoms with Gasteiger partial charge in [-0.3, -0.25) is 0 Å². The number of aliphatic hydroxyl groups is 1. The highest BCUT2D eigenvalue weighted by Gasteiger charge is 2.32. The van der Waals surface area contributed by atoms with Crippen LogP contribution < -0.4 is 10.5 Å². The van der Waals surface area contributed by atoms with Crippen LogP contribution in [0.25, 0.3) is 0 Å². The second-order valence-electron chi connectivity index (χ2n) is 5.52. The Morgan fingerprint density at radius 1 is 1.32 bits per heavy atom. The molecule has 0 saturated carbocycles. The molecule has 0 fully saturated rings. The van der Waals surface area contributed by atoms with E-state index in [0.29, 0.717) is 30.9 Å². The molecule has 0 aromatic heterocycles. The van der Waals surface area contributed by atoms with Gasteiger partial charge in [0, 0.05) is 6.61 Å². The number of ether oxygens (including phenoxy) is 1. The summed E-state index contributed by atoms with van der Waals surface area (Å²) in [6, 6.07) is 3.55. The molecule has 0 aliphatic rings. The van der Waals surface area contributed by atoms with Crippen LogP contribution in [0.15, 0.2) is 18.2 Å². The Bertz CT molecular complexity index is 459. The number of benzene rings is 1. The summed E-state index contributed by atoms with van der Waals surface area (Å²) in [6.07, 6.45) is -3.10. The van der Waals surface area contributed by atoms with E-state index in [-0.39, 0.29) is 18.4 Å². The zero-order valence-electron chi connectivity index (χ0n) is 13.0.